The summed E-state index contributed by atoms with van der Waals surface area (Å²) in [6.45, 7) is 5.84. The molecule has 2 atom stereocenters. The molecule has 0 saturated heterocycles. The Morgan fingerprint density at radius 2 is 1.90 bits per heavy atom. The molecule has 2 aromatic carbocycles. The molecule has 1 N–H and O–H groups in total. The molecule has 1 aliphatic heterocycles. The van der Waals surface area contributed by atoms with Crippen LogP contribution in [0, 0.1) is 12.7 Å². The van der Waals surface area contributed by atoms with E-state index in [0.29, 0.717) is 19.6 Å². The Hall–Kier alpha value is -2.93. The number of hydrogen-bond donors (Lipinski definition) is 1. The van der Waals surface area contributed by atoms with Crippen LogP contribution in [-0.4, -0.2) is 33.5 Å². The summed E-state index contributed by atoms with van der Waals surface area (Å²) in [5.41, 5.74) is 1.03. The van der Waals surface area contributed by atoms with Crippen LogP contribution in [0.25, 0.3) is 0 Å². The predicted molar refractivity (Wildman–Crippen MR) is 108 cm³/mol. The van der Waals surface area contributed by atoms with E-state index in [2.05, 4.69) is 27.0 Å². The van der Waals surface area contributed by atoms with Gasteiger partial charge in [0.1, 0.15) is 30.2 Å². The van der Waals surface area contributed by atoms with E-state index in [1.54, 1.807) is 12.1 Å². The third kappa shape index (κ3) is 4.40. The smallest absolute Gasteiger partial charge is 0.161 e. The van der Waals surface area contributed by atoms with Gasteiger partial charge < -0.3 is 19.4 Å². The van der Waals surface area contributed by atoms with Crippen molar-refractivity contribution < 1.29 is 13.9 Å². The Bertz CT molecular complexity index is 958. The molecule has 2 unspecified atom stereocenters. The Balaban J connectivity index is 1.53. The number of para-hydroxylation sites is 2. The van der Waals surface area contributed by atoms with Gasteiger partial charge in [0, 0.05) is 6.54 Å². The van der Waals surface area contributed by atoms with E-state index in [0.717, 1.165) is 35.3 Å². The number of nitrogens with zero attached hydrogens (tertiary/aromatic N) is 3. The number of ether oxygens (including phenoxy) is 2. The fourth-order valence-corrected chi connectivity index (χ4v) is 3.63. The molecule has 0 fully saturated rings. The van der Waals surface area contributed by atoms with Crippen LogP contribution in [0.2, 0.25) is 0 Å². The Morgan fingerprint density at radius 1 is 1.14 bits per heavy atom. The lowest BCUT2D eigenvalue weighted by molar-refractivity contribution is 0.0610. The molecule has 152 valence electrons. The van der Waals surface area contributed by atoms with Crippen LogP contribution in [0.5, 0.6) is 11.5 Å². The van der Waals surface area contributed by atoms with E-state index in [-0.39, 0.29) is 18.0 Å². The minimum atomic E-state index is -0.240. The highest BCUT2D eigenvalue weighted by atomic mass is 19.1. The van der Waals surface area contributed by atoms with Crippen LogP contribution >= 0.6 is 0 Å². The first-order valence-electron chi connectivity index (χ1n) is 9.89. The summed E-state index contributed by atoms with van der Waals surface area (Å²) >= 11 is 0. The van der Waals surface area contributed by atoms with Crippen molar-refractivity contribution in [3.8, 4) is 11.5 Å². The van der Waals surface area contributed by atoms with E-state index in [9.17, 15) is 4.39 Å². The lowest BCUT2D eigenvalue weighted by Gasteiger charge is -2.33. The van der Waals surface area contributed by atoms with Gasteiger partial charge in [-0.25, -0.2) is 4.39 Å². The molecule has 0 saturated carbocycles. The van der Waals surface area contributed by atoms with Crippen LogP contribution in [0.15, 0.2) is 48.5 Å². The molecule has 7 heteroatoms. The van der Waals surface area contributed by atoms with Crippen LogP contribution < -0.4 is 14.8 Å². The van der Waals surface area contributed by atoms with Gasteiger partial charge in [0.15, 0.2) is 11.5 Å². The van der Waals surface area contributed by atoms with Crippen molar-refractivity contribution in [3.05, 3.63) is 71.6 Å². The fourth-order valence-electron chi connectivity index (χ4n) is 3.63. The summed E-state index contributed by atoms with van der Waals surface area (Å²) < 4.78 is 27.6. The second kappa shape index (κ2) is 8.61. The molecule has 6 nitrogen and oxygen atoms in total. The van der Waals surface area contributed by atoms with Crippen molar-refractivity contribution in [1.29, 1.82) is 0 Å². The summed E-state index contributed by atoms with van der Waals surface area (Å²) in [5, 5.41) is 12.0. The molecule has 2 heterocycles. The van der Waals surface area contributed by atoms with Crippen LogP contribution in [0.4, 0.5) is 4.39 Å². The number of fused-ring (bicyclic) bond motifs is 1. The Kier molecular flexibility index (Phi) is 5.76. The van der Waals surface area contributed by atoms with Crippen molar-refractivity contribution in [1.82, 2.24) is 20.1 Å². The molecule has 1 aliphatic rings. The molecule has 3 aromatic rings. The number of nitrogens with one attached hydrogen (secondary N) is 1. The highest BCUT2D eigenvalue weighted by Gasteiger charge is 2.29. The van der Waals surface area contributed by atoms with Crippen LogP contribution in [0.1, 0.15) is 24.1 Å². The van der Waals surface area contributed by atoms with Crippen LogP contribution in [-0.2, 0) is 19.5 Å². The van der Waals surface area contributed by atoms with Gasteiger partial charge in [0.05, 0.1) is 12.6 Å². The Labute approximate surface area is 169 Å². The summed E-state index contributed by atoms with van der Waals surface area (Å²) in [5.74, 6) is 3.03. The molecule has 1 aromatic heterocycles. The number of rotatable bonds is 7. The molecular formula is C22H25FN4O2. The zero-order valence-electron chi connectivity index (χ0n) is 16.6. The number of aryl methyl sites for hydroxylation is 1. The summed E-state index contributed by atoms with van der Waals surface area (Å²) in [6.07, 6.45) is 0.490. The first-order valence-corrected chi connectivity index (χ1v) is 9.89. The molecule has 0 bridgehead atoms. The average Bonchev–Trinajstić information content (AvgIpc) is 3.11. The zero-order valence-corrected chi connectivity index (χ0v) is 16.6. The van der Waals surface area contributed by atoms with Gasteiger partial charge in [0.25, 0.3) is 0 Å². The normalized spacial score (nSPS) is 16.6. The Morgan fingerprint density at radius 3 is 2.66 bits per heavy atom. The minimum absolute atomic E-state index is 0.0453. The number of hydrogen-bond acceptors (Lipinski definition) is 5. The molecule has 29 heavy (non-hydrogen) atoms. The first-order chi connectivity index (χ1) is 14.1. The van der Waals surface area contributed by atoms with Gasteiger partial charge in [-0.05, 0) is 50.1 Å². The highest BCUT2D eigenvalue weighted by Crippen LogP contribution is 2.32. The largest absolute Gasteiger partial charge is 0.486 e. The third-order valence-corrected chi connectivity index (χ3v) is 5.20. The van der Waals surface area contributed by atoms with Gasteiger partial charge in [-0.3, -0.25) is 0 Å². The maximum absolute atomic E-state index is 13.3. The molecule has 4 rings (SSSR count). The quantitative estimate of drug-likeness (QED) is 0.664. The second-order valence-electron chi connectivity index (χ2n) is 7.14. The van der Waals surface area contributed by atoms with E-state index in [4.69, 9.17) is 9.47 Å². The predicted octanol–water partition coefficient (Wildman–Crippen LogP) is 3.29. The van der Waals surface area contributed by atoms with E-state index in [1.165, 1.54) is 12.1 Å². The minimum Gasteiger partial charge on any atom is -0.486 e. The van der Waals surface area contributed by atoms with Crippen LogP contribution in [0.3, 0.4) is 0 Å². The average molecular weight is 396 g/mol. The fraction of sp³-hybridized carbons (Fsp3) is 0.364. The van der Waals surface area contributed by atoms with Crippen molar-refractivity contribution in [3.63, 3.8) is 0 Å². The van der Waals surface area contributed by atoms with E-state index >= 15 is 0 Å². The highest BCUT2D eigenvalue weighted by molar-refractivity contribution is 5.41. The maximum atomic E-state index is 13.3. The lowest BCUT2D eigenvalue weighted by atomic mass is 10.0. The first kappa shape index (κ1) is 19.4. The van der Waals surface area contributed by atoms with Gasteiger partial charge in [-0.1, -0.05) is 24.3 Å². The van der Waals surface area contributed by atoms with Gasteiger partial charge in [0.2, 0.25) is 0 Å². The topological polar surface area (TPSA) is 61.2 Å². The number of halogens is 1. The molecule has 0 spiro atoms. The van der Waals surface area contributed by atoms with Gasteiger partial charge in [-0.2, -0.15) is 0 Å². The summed E-state index contributed by atoms with van der Waals surface area (Å²) in [4.78, 5) is 0. The van der Waals surface area contributed by atoms with E-state index < -0.39 is 0 Å². The van der Waals surface area contributed by atoms with Crippen molar-refractivity contribution in [2.24, 2.45) is 0 Å². The van der Waals surface area contributed by atoms with Gasteiger partial charge in [-0.15, -0.1) is 10.2 Å². The molecule has 0 amide bonds. The SMILES string of the molecule is CCn1c(C)nnc1CNC(Cc1ccc(F)cc1)C1COc2ccccc2O1. The summed E-state index contributed by atoms with van der Waals surface area (Å²) in [7, 11) is 0. The standard InChI is InChI=1S/C22H25FN4O2/c1-3-27-15(2)25-26-22(27)13-24-18(12-16-8-10-17(23)11-9-16)21-14-28-19-6-4-5-7-20(19)29-21/h4-11,18,21,24H,3,12-14H2,1-2H3. The van der Waals surface area contributed by atoms with Crippen molar-refractivity contribution >= 4 is 0 Å². The number of aromatic nitrogens is 3. The maximum Gasteiger partial charge on any atom is 0.161 e. The van der Waals surface area contributed by atoms with Crippen molar-refractivity contribution in [2.75, 3.05) is 6.61 Å². The molecule has 0 aliphatic carbocycles. The lowest BCUT2D eigenvalue weighted by Crippen LogP contribution is -2.49. The van der Waals surface area contributed by atoms with Gasteiger partial charge >= 0.3 is 0 Å². The zero-order chi connectivity index (χ0) is 20.2. The van der Waals surface area contributed by atoms with E-state index in [1.807, 2.05) is 31.2 Å². The monoisotopic (exact) mass is 396 g/mol. The molecule has 0 radical (unpaired) electrons. The van der Waals surface area contributed by atoms with Crippen molar-refractivity contribution in [2.45, 2.75) is 45.5 Å². The third-order valence-electron chi connectivity index (χ3n) is 5.20. The number of benzene rings is 2. The molecular weight excluding hydrogens is 371 g/mol. The second-order valence-corrected chi connectivity index (χ2v) is 7.14. The summed E-state index contributed by atoms with van der Waals surface area (Å²) in [6, 6.07) is 14.2.